The van der Waals surface area contributed by atoms with Crippen LogP contribution in [-0.4, -0.2) is 17.4 Å². The monoisotopic (exact) mass is 197 g/mol. The number of nitrogens with zero attached hydrogens (tertiary/aromatic N) is 2. The molecule has 0 radical (unpaired) electrons. The van der Waals surface area contributed by atoms with Crippen molar-refractivity contribution in [2.45, 2.75) is 0 Å². The molecule has 2 aliphatic heterocycles. The Morgan fingerprint density at radius 1 is 1.20 bits per heavy atom. The fourth-order valence-electron chi connectivity index (χ4n) is 1.75. The number of rotatable bonds is 1. The van der Waals surface area contributed by atoms with Gasteiger partial charge in [0.05, 0.1) is 0 Å². The highest BCUT2D eigenvalue weighted by Crippen LogP contribution is 2.20. The summed E-state index contributed by atoms with van der Waals surface area (Å²) in [6.07, 6.45) is 6.26. The molecule has 0 unspecified atom stereocenters. The van der Waals surface area contributed by atoms with Gasteiger partial charge in [0.2, 0.25) is 0 Å². The molecule has 1 aromatic rings. The molecule has 1 aromatic carbocycles. The lowest BCUT2D eigenvalue weighted by Crippen LogP contribution is -2.24. The zero-order valence-corrected chi connectivity index (χ0v) is 8.22. The van der Waals surface area contributed by atoms with E-state index in [1.807, 2.05) is 18.2 Å². The summed E-state index contributed by atoms with van der Waals surface area (Å²) in [4.78, 5) is 2.08. The molecule has 1 N–H and O–H groups in total. The van der Waals surface area contributed by atoms with Crippen LogP contribution in [0.15, 0.2) is 53.8 Å². The number of amidine groups is 1. The molecule has 15 heavy (non-hydrogen) atoms. The molecule has 0 bridgehead atoms. The Morgan fingerprint density at radius 3 is 2.93 bits per heavy atom. The second-order valence-electron chi connectivity index (χ2n) is 3.54. The highest BCUT2D eigenvalue weighted by atomic mass is 15.5. The van der Waals surface area contributed by atoms with Gasteiger partial charge in [-0.15, -0.1) is 0 Å². The Bertz CT molecular complexity index is 457. The first-order chi connectivity index (χ1) is 7.43. The fourth-order valence-corrected chi connectivity index (χ4v) is 1.75. The molecule has 0 saturated heterocycles. The van der Waals surface area contributed by atoms with E-state index < -0.39 is 0 Å². The Balaban J connectivity index is 1.99. The van der Waals surface area contributed by atoms with Gasteiger partial charge in [0.25, 0.3) is 0 Å². The lowest BCUT2D eigenvalue weighted by Gasteiger charge is -2.16. The normalized spacial score (nSPS) is 18.0. The van der Waals surface area contributed by atoms with E-state index in [9.17, 15) is 0 Å². The molecule has 3 nitrogen and oxygen atoms in total. The minimum Gasteiger partial charge on any atom is -0.312 e. The van der Waals surface area contributed by atoms with Crippen LogP contribution >= 0.6 is 0 Å². The summed E-state index contributed by atoms with van der Waals surface area (Å²) in [6.45, 7) is 0.768. The van der Waals surface area contributed by atoms with Crippen molar-refractivity contribution in [3.63, 3.8) is 0 Å². The van der Waals surface area contributed by atoms with Crippen molar-refractivity contribution in [2.24, 2.45) is 5.10 Å². The molecule has 3 rings (SSSR count). The molecule has 3 heteroatoms. The third-order valence-corrected chi connectivity index (χ3v) is 2.55. The van der Waals surface area contributed by atoms with E-state index >= 15 is 0 Å². The molecule has 2 heterocycles. The van der Waals surface area contributed by atoms with Crippen molar-refractivity contribution in [3.8, 4) is 0 Å². The predicted molar refractivity (Wildman–Crippen MR) is 60.8 cm³/mol. The molecule has 2 aliphatic rings. The maximum Gasteiger partial charge on any atom is 0.154 e. The van der Waals surface area contributed by atoms with Gasteiger partial charge >= 0.3 is 0 Å². The first-order valence-electron chi connectivity index (χ1n) is 4.96. The quantitative estimate of drug-likeness (QED) is 0.743. The zero-order valence-electron chi connectivity index (χ0n) is 8.22. The minimum absolute atomic E-state index is 0.768. The van der Waals surface area contributed by atoms with Crippen molar-refractivity contribution in [3.05, 3.63) is 54.2 Å². The first kappa shape index (κ1) is 8.29. The molecule has 74 valence electrons. The lowest BCUT2D eigenvalue weighted by atomic mass is 10.0. The van der Waals surface area contributed by atoms with E-state index in [4.69, 9.17) is 0 Å². The SMILES string of the molecule is C1=CN2CNN=C2C=C1c1ccccc1. The van der Waals surface area contributed by atoms with E-state index in [-0.39, 0.29) is 0 Å². The summed E-state index contributed by atoms with van der Waals surface area (Å²) >= 11 is 0. The van der Waals surface area contributed by atoms with Gasteiger partial charge in [0.1, 0.15) is 6.67 Å². The maximum absolute atomic E-state index is 4.20. The van der Waals surface area contributed by atoms with Crippen LogP contribution in [0, 0.1) is 0 Å². The van der Waals surface area contributed by atoms with E-state index in [1.165, 1.54) is 11.1 Å². The molecule has 0 aliphatic carbocycles. The highest BCUT2D eigenvalue weighted by molar-refractivity contribution is 6.04. The van der Waals surface area contributed by atoms with Crippen LogP contribution in [0.25, 0.3) is 5.57 Å². The number of hydrogen-bond donors (Lipinski definition) is 1. The van der Waals surface area contributed by atoms with E-state index in [0.29, 0.717) is 0 Å². The Labute approximate surface area is 88.4 Å². The van der Waals surface area contributed by atoms with Gasteiger partial charge < -0.3 is 4.90 Å². The van der Waals surface area contributed by atoms with Crippen molar-refractivity contribution in [2.75, 3.05) is 6.67 Å². The summed E-state index contributed by atoms with van der Waals surface area (Å²) in [5.41, 5.74) is 5.38. The number of benzene rings is 1. The largest absolute Gasteiger partial charge is 0.312 e. The van der Waals surface area contributed by atoms with Gasteiger partial charge in [0, 0.05) is 6.20 Å². The van der Waals surface area contributed by atoms with Gasteiger partial charge in [0.15, 0.2) is 5.84 Å². The van der Waals surface area contributed by atoms with E-state index in [0.717, 1.165) is 12.5 Å². The number of hydrazone groups is 1. The summed E-state index contributed by atoms with van der Waals surface area (Å²) in [7, 11) is 0. The van der Waals surface area contributed by atoms with Crippen molar-refractivity contribution < 1.29 is 0 Å². The average Bonchev–Trinajstić information content (AvgIpc) is 2.77. The Morgan fingerprint density at radius 2 is 2.07 bits per heavy atom. The summed E-state index contributed by atoms with van der Waals surface area (Å²) in [5.74, 6) is 0.983. The lowest BCUT2D eigenvalue weighted by molar-refractivity contribution is 0.551. The second kappa shape index (κ2) is 3.28. The van der Waals surface area contributed by atoms with Gasteiger partial charge in [-0.3, -0.25) is 5.43 Å². The molecule has 0 fully saturated rings. The van der Waals surface area contributed by atoms with E-state index in [2.05, 4.69) is 45.9 Å². The number of allylic oxidation sites excluding steroid dienone is 2. The topological polar surface area (TPSA) is 27.6 Å². The second-order valence-corrected chi connectivity index (χ2v) is 3.54. The minimum atomic E-state index is 0.768. The zero-order chi connectivity index (χ0) is 10.1. The third-order valence-electron chi connectivity index (χ3n) is 2.55. The van der Waals surface area contributed by atoms with Gasteiger partial charge in [-0.25, -0.2) is 0 Å². The standard InChI is InChI=1S/C12H11N3/c1-2-4-10(5-3-1)11-6-7-15-9-13-14-12(15)8-11/h1-8,13H,9H2. The highest BCUT2D eigenvalue weighted by Gasteiger charge is 2.16. The van der Waals surface area contributed by atoms with Crippen molar-refractivity contribution in [1.29, 1.82) is 0 Å². The van der Waals surface area contributed by atoms with Gasteiger partial charge in [-0.1, -0.05) is 30.3 Å². The molecule has 0 amide bonds. The number of fused-ring (bicyclic) bond motifs is 1. The van der Waals surface area contributed by atoms with Crippen LogP contribution < -0.4 is 5.43 Å². The summed E-state index contributed by atoms with van der Waals surface area (Å²) < 4.78 is 0. The van der Waals surface area contributed by atoms with Crippen LogP contribution in [0.2, 0.25) is 0 Å². The van der Waals surface area contributed by atoms with Crippen molar-refractivity contribution in [1.82, 2.24) is 10.3 Å². The molecular weight excluding hydrogens is 186 g/mol. The number of hydrogen-bond acceptors (Lipinski definition) is 3. The molecule has 0 spiro atoms. The van der Waals surface area contributed by atoms with Crippen LogP contribution in [0.5, 0.6) is 0 Å². The first-order valence-corrected chi connectivity index (χ1v) is 4.96. The van der Waals surface area contributed by atoms with Crippen LogP contribution in [-0.2, 0) is 0 Å². The maximum atomic E-state index is 4.20. The third kappa shape index (κ3) is 1.42. The smallest absolute Gasteiger partial charge is 0.154 e. The Kier molecular flexibility index (Phi) is 1.81. The average molecular weight is 197 g/mol. The molecule has 0 saturated carbocycles. The fraction of sp³-hybridized carbons (Fsp3) is 0.0833. The molecule has 0 atom stereocenters. The van der Waals surface area contributed by atoms with Crippen LogP contribution in [0.1, 0.15) is 5.56 Å². The Hall–Kier alpha value is -2.03. The molecule has 0 aromatic heterocycles. The molecular formula is C12H11N3. The number of nitrogens with one attached hydrogen (secondary N) is 1. The summed E-state index contributed by atoms with van der Waals surface area (Å²) in [6, 6.07) is 10.3. The van der Waals surface area contributed by atoms with Crippen LogP contribution in [0.3, 0.4) is 0 Å². The van der Waals surface area contributed by atoms with Crippen molar-refractivity contribution >= 4 is 11.4 Å². The summed E-state index contributed by atoms with van der Waals surface area (Å²) in [5, 5.41) is 4.20. The van der Waals surface area contributed by atoms with Gasteiger partial charge in [-0.05, 0) is 23.3 Å². The predicted octanol–water partition coefficient (Wildman–Crippen LogP) is 1.77. The van der Waals surface area contributed by atoms with Crippen LogP contribution in [0.4, 0.5) is 0 Å². The van der Waals surface area contributed by atoms with E-state index in [1.54, 1.807) is 0 Å². The van der Waals surface area contributed by atoms with Gasteiger partial charge in [-0.2, -0.15) is 5.10 Å².